The highest BCUT2D eigenvalue weighted by Crippen LogP contribution is 2.29. The van der Waals surface area contributed by atoms with E-state index in [-0.39, 0.29) is 12.0 Å². The van der Waals surface area contributed by atoms with E-state index < -0.39 is 5.41 Å². The van der Waals surface area contributed by atoms with E-state index in [1.54, 1.807) is 6.92 Å². The molecule has 5 nitrogen and oxygen atoms in total. The molecule has 0 aliphatic carbocycles. The van der Waals surface area contributed by atoms with Crippen molar-refractivity contribution in [1.82, 2.24) is 5.32 Å². The quantitative estimate of drug-likeness (QED) is 0.601. The Balaban J connectivity index is 2.42. The van der Waals surface area contributed by atoms with E-state index >= 15 is 0 Å². The largest absolute Gasteiger partial charge is 0.393 e. The molecule has 1 heterocycles. The molecule has 0 aromatic heterocycles. The zero-order valence-corrected chi connectivity index (χ0v) is 9.87. The fraction of sp³-hybridized carbons (Fsp3) is 0.909. The molecule has 94 valence electrons. The van der Waals surface area contributed by atoms with Gasteiger partial charge < -0.3 is 20.9 Å². The first-order valence-corrected chi connectivity index (χ1v) is 5.85. The lowest BCUT2D eigenvalue weighted by Crippen LogP contribution is -2.49. The van der Waals surface area contributed by atoms with Crippen molar-refractivity contribution in [2.24, 2.45) is 11.1 Å². The molecule has 0 bridgehead atoms. The van der Waals surface area contributed by atoms with Crippen LogP contribution in [0.2, 0.25) is 0 Å². The number of carbonyl (C=O) groups excluding carboxylic acids is 1. The Morgan fingerprint density at radius 3 is 2.69 bits per heavy atom. The Hall–Kier alpha value is -0.650. The second kappa shape index (κ2) is 6.18. The van der Waals surface area contributed by atoms with Crippen LogP contribution in [-0.4, -0.2) is 43.4 Å². The minimum atomic E-state index is -0.461. The van der Waals surface area contributed by atoms with Crippen LogP contribution in [-0.2, 0) is 9.53 Å². The molecule has 1 unspecified atom stereocenters. The van der Waals surface area contributed by atoms with Gasteiger partial charge in [-0.3, -0.25) is 4.79 Å². The first-order chi connectivity index (χ1) is 7.60. The molecule has 0 radical (unpaired) electrons. The van der Waals surface area contributed by atoms with E-state index in [1.807, 2.05) is 0 Å². The van der Waals surface area contributed by atoms with Gasteiger partial charge in [0.1, 0.15) is 0 Å². The van der Waals surface area contributed by atoms with Crippen LogP contribution in [0.1, 0.15) is 26.2 Å². The third-order valence-corrected chi connectivity index (χ3v) is 3.17. The lowest BCUT2D eigenvalue weighted by atomic mass is 9.79. The van der Waals surface area contributed by atoms with E-state index in [9.17, 15) is 4.79 Å². The topological polar surface area (TPSA) is 84.6 Å². The van der Waals surface area contributed by atoms with E-state index in [2.05, 4.69) is 5.32 Å². The molecular weight excluding hydrogens is 208 g/mol. The first-order valence-electron chi connectivity index (χ1n) is 5.85. The van der Waals surface area contributed by atoms with E-state index in [4.69, 9.17) is 15.6 Å². The van der Waals surface area contributed by atoms with Gasteiger partial charge >= 0.3 is 0 Å². The van der Waals surface area contributed by atoms with Crippen molar-refractivity contribution in [1.29, 1.82) is 0 Å². The Morgan fingerprint density at radius 1 is 1.56 bits per heavy atom. The molecule has 16 heavy (non-hydrogen) atoms. The average molecular weight is 230 g/mol. The lowest BCUT2D eigenvalue weighted by Gasteiger charge is -2.34. The minimum Gasteiger partial charge on any atom is -0.393 e. The van der Waals surface area contributed by atoms with Crippen LogP contribution in [0.4, 0.5) is 0 Å². The van der Waals surface area contributed by atoms with Gasteiger partial charge in [0.15, 0.2) is 0 Å². The number of nitrogens with one attached hydrogen (secondary N) is 1. The summed E-state index contributed by atoms with van der Waals surface area (Å²) in [5.74, 6) is -0.000972. The standard InChI is InChI=1S/C11H22N2O3/c1-9(14)2-5-13-10(15)11(8-12)3-6-16-7-4-11/h9,14H,2-8,12H2,1H3,(H,13,15). The molecule has 1 atom stereocenters. The summed E-state index contributed by atoms with van der Waals surface area (Å²) >= 11 is 0. The number of aliphatic hydroxyl groups is 1. The van der Waals surface area contributed by atoms with Gasteiger partial charge in [0.25, 0.3) is 0 Å². The monoisotopic (exact) mass is 230 g/mol. The Bertz CT molecular complexity index is 225. The number of hydrogen-bond donors (Lipinski definition) is 3. The number of amides is 1. The normalized spacial score (nSPS) is 21.4. The van der Waals surface area contributed by atoms with Gasteiger partial charge in [0, 0.05) is 26.3 Å². The zero-order chi connectivity index (χ0) is 12.0. The summed E-state index contributed by atoms with van der Waals surface area (Å²) in [6.45, 7) is 3.76. The van der Waals surface area contributed by atoms with Crippen molar-refractivity contribution in [2.45, 2.75) is 32.3 Å². The number of rotatable bonds is 5. The molecule has 5 heteroatoms. The van der Waals surface area contributed by atoms with Crippen LogP contribution in [0.5, 0.6) is 0 Å². The third kappa shape index (κ3) is 3.43. The van der Waals surface area contributed by atoms with Gasteiger partial charge in [-0.1, -0.05) is 0 Å². The number of ether oxygens (including phenoxy) is 1. The molecule has 0 aromatic carbocycles. The van der Waals surface area contributed by atoms with Crippen LogP contribution in [0.25, 0.3) is 0 Å². The predicted octanol–water partition coefficient (Wildman–Crippen LogP) is -0.371. The molecule has 1 aliphatic heterocycles. The number of hydrogen-bond acceptors (Lipinski definition) is 4. The predicted molar refractivity (Wildman–Crippen MR) is 60.8 cm³/mol. The molecule has 1 saturated heterocycles. The number of nitrogens with two attached hydrogens (primary N) is 1. The maximum atomic E-state index is 12.0. The van der Waals surface area contributed by atoms with Crippen molar-refractivity contribution in [3.63, 3.8) is 0 Å². The number of aliphatic hydroxyl groups excluding tert-OH is 1. The molecule has 0 spiro atoms. The van der Waals surface area contributed by atoms with Gasteiger partial charge in [-0.05, 0) is 26.2 Å². The summed E-state index contributed by atoms with van der Waals surface area (Å²) in [6.07, 6.45) is 1.56. The second-order valence-electron chi connectivity index (χ2n) is 4.49. The molecule has 1 fully saturated rings. The Labute approximate surface area is 96.3 Å². The highest BCUT2D eigenvalue weighted by molar-refractivity contribution is 5.83. The van der Waals surface area contributed by atoms with Crippen LogP contribution in [0, 0.1) is 5.41 Å². The van der Waals surface area contributed by atoms with Crippen LogP contribution >= 0.6 is 0 Å². The molecule has 0 aromatic rings. The maximum Gasteiger partial charge on any atom is 0.227 e. The fourth-order valence-electron chi connectivity index (χ4n) is 1.87. The summed E-state index contributed by atoms with van der Waals surface area (Å²) in [5.41, 5.74) is 5.24. The SMILES string of the molecule is CC(O)CCNC(=O)C1(CN)CCOCC1. The summed E-state index contributed by atoms with van der Waals surface area (Å²) in [4.78, 5) is 12.0. The fourth-order valence-corrected chi connectivity index (χ4v) is 1.87. The van der Waals surface area contributed by atoms with Crippen molar-refractivity contribution in [2.75, 3.05) is 26.3 Å². The lowest BCUT2D eigenvalue weighted by molar-refractivity contribution is -0.135. The smallest absolute Gasteiger partial charge is 0.227 e. The van der Waals surface area contributed by atoms with Crippen molar-refractivity contribution in [3.8, 4) is 0 Å². The van der Waals surface area contributed by atoms with E-state index in [0.29, 0.717) is 45.6 Å². The summed E-state index contributed by atoms with van der Waals surface area (Å²) < 4.78 is 5.24. The van der Waals surface area contributed by atoms with Crippen molar-refractivity contribution in [3.05, 3.63) is 0 Å². The zero-order valence-electron chi connectivity index (χ0n) is 9.87. The first kappa shape index (κ1) is 13.4. The van der Waals surface area contributed by atoms with E-state index in [0.717, 1.165) is 0 Å². The molecular formula is C11H22N2O3. The van der Waals surface area contributed by atoms with Crippen molar-refractivity contribution < 1.29 is 14.6 Å². The average Bonchev–Trinajstić information content (AvgIpc) is 2.29. The molecule has 1 amide bonds. The molecule has 1 rings (SSSR count). The van der Waals surface area contributed by atoms with Gasteiger partial charge in [-0.25, -0.2) is 0 Å². The molecule has 4 N–H and O–H groups in total. The highest BCUT2D eigenvalue weighted by Gasteiger charge is 2.38. The van der Waals surface area contributed by atoms with E-state index in [1.165, 1.54) is 0 Å². The molecule has 1 aliphatic rings. The van der Waals surface area contributed by atoms with Gasteiger partial charge in [-0.2, -0.15) is 0 Å². The Kier molecular flexibility index (Phi) is 5.18. The summed E-state index contributed by atoms with van der Waals surface area (Å²) in [7, 11) is 0. The third-order valence-electron chi connectivity index (χ3n) is 3.17. The maximum absolute atomic E-state index is 12.0. The van der Waals surface area contributed by atoms with Gasteiger partial charge in [-0.15, -0.1) is 0 Å². The van der Waals surface area contributed by atoms with Crippen LogP contribution in [0.3, 0.4) is 0 Å². The van der Waals surface area contributed by atoms with Crippen LogP contribution in [0.15, 0.2) is 0 Å². The Morgan fingerprint density at radius 2 is 2.19 bits per heavy atom. The summed E-state index contributed by atoms with van der Waals surface area (Å²) in [5, 5.41) is 11.9. The number of carbonyl (C=O) groups is 1. The summed E-state index contributed by atoms with van der Waals surface area (Å²) in [6, 6.07) is 0. The van der Waals surface area contributed by atoms with Crippen molar-refractivity contribution >= 4 is 5.91 Å². The van der Waals surface area contributed by atoms with Gasteiger partial charge in [0.2, 0.25) is 5.91 Å². The molecule has 0 saturated carbocycles. The van der Waals surface area contributed by atoms with Crippen LogP contribution < -0.4 is 11.1 Å². The van der Waals surface area contributed by atoms with Gasteiger partial charge in [0.05, 0.1) is 11.5 Å². The minimum absolute atomic E-state index is 0.000972. The second-order valence-corrected chi connectivity index (χ2v) is 4.49. The highest BCUT2D eigenvalue weighted by atomic mass is 16.5.